The smallest absolute Gasteiger partial charge is 0.270 e. The maximum Gasteiger partial charge on any atom is 0.270 e. The van der Waals surface area contributed by atoms with E-state index in [1.807, 2.05) is 24.3 Å². The Bertz CT molecular complexity index is 1260. The van der Waals surface area contributed by atoms with Crippen molar-refractivity contribution < 1.29 is 14.5 Å². The molecule has 1 aliphatic rings. The molecule has 1 fully saturated rings. The highest BCUT2D eigenvalue weighted by atomic mass is 35.5. The highest BCUT2D eigenvalue weighted by molar-refractivity contribution is 6.34. The summed E-state index contributed by atoms with van der Waals surface area (Å²) in [5, 5.41) is 14.2. The number of nitrogens with zero attached hydrogens (tertiary/aromatic N) is 3. The Morgan fingerprint density at radius 2 is 1.53 bits per heavy atom. The molecule has 0 unspecified atom stereocenters. The summed E-state index contributed by atoms with van der Waals surface area (Å²) < 4.78 is 0. The van der Waals surface area contributed by atoms with Crippen molar-refractivity contribution >= 4 is 52.1 Å². The molecule has 1 aliphatic heterocycles. The molecule has 0 aromatic heterocycles. The molecule has 4 rings (SSSR count). The molecule has 0 spiro atoms. The molecule has 1 N–H and O–H groups in total. The molecule has 3 aromatic carbocycles. The molecule has 1 heterocycles. The lowest BCUT2D eigenvalue weighted by molar-refractivity contribution is -0.384. The van der Waals surface area contributed by atoms with E-state index in [4.69, 9.17) is 23.2 Å². The van der Waals surface area contributed by atoms with Crippen molar-refractivity contribution in [2.45, 2.75) is 0 Å². The molecule has 3 aromatic rings. The van der Waals surface area contributed by atoms with Crippen LogP contribution >= 0.6 is 23.2 Å². The average Bonchev–Trinajstić information content (AvgIpc) is 2.84. The maximum atomic E-state index is 13.3. The lowest BCUT2D eigenvalue weighted by Crippen LogP contribution is -2.49. The molecule has 8 nitrogen and oxygen atoms in total. The minimum Gasteiger partial charge on any atom is -0.367 e. The first-order valence-corrected chi connectivity index (χ1v) is 11.2. The van der Waals surface area contributed by atoms with E-state index in [-0.39, 0.29) is 22.2 Å². The van der Waals surface area contributed by atoms with Crippen LogP contribution in [0, 0.1) is 10.1 Å². The van der Waals surface area contributed by atoms with Gasteiger partial charge in [-0.1, -0.05) is 47.5 Å². The summed E-state index contributed by atoms with van der Waals surface area (Å²) in [6, 6.07) is 17.9. The van der Waals surface area contributed by atoms with E-state index in [0.717, 1.165) is 11.8 Å². The quantitative estimate of drug-likeness (QED) is 0.389. The van der Waals surface area contributed by atoms with E-state index >= 15 is 0 Å². The number of benzene rings is 3. The molecule has 0 atom stereocenters. The van der Waals surface area contributed by atoms with Gasteiger partial charge in [0.2, 0.25) is 0 Å². The predicted octanol–water partition coefficient (Wildman–Crippen LogP) is 5.12. The van der Waals surface area contributed by atoms with E-state index in [1.165, 1.54) is 12.1 Å². The Morgan fingerprint density at radius 1 is 0.853 bits per heavy atom. The van der Waals surface area contributed by atoms with Crippen molar-refractivity contribution in [3.05, 3.63) is 98.0 Å². The van der Waals surface area contributed by atoms with Crippen LogP contribution in [-0.2, 0) is 0 Å². The second-order valence-corrected chi connectivity index (χ2v) is 8.47. The number of hydrogen-bond donors (Lipinski definition) is 1. The lowest BCUT2D eigenvalue weighted by Gasteiger charge is -2.36. The summed E-state index contributed by atoms with van der Waals surface area (Å²) in [5.41, 5.74) is 1.47. The molecule has 0 aliphatic carbocycles. The molecular weight excluding hydrogens is 479 g/mol. The number of rotatable bonds is 5. The molecule has 0 saturated carbocycles. The largest absolute Gasteiger partial charge is 0.367 e. The number of amides is 2. The highest BCUT2D eigenvalue weighted by Crippen LogP contribution is 2.28. The zero-order chi connectivity index (χ0) is 24.2. The van der Waals surface area contributed by atoms with Crippen LogP contribution in [0.3, 0.4) is 0 Å². The Labute approximate surface area is 205 Å². The van der Waals surface area contributed by atoms with E-state index in [2.05, 4.69) is 10.2 Å². The molecule has 174 valence electrons. The summed E-state index contributed by atoms with van der Waals surface area (Å²) in [7, 11) is 0. The summed E-state index contributed by atoms with van der Waals surface area (Å²) >= 11 is 12.4. The van der Waals surface area contributed by atoms with Crippen LogP contribution in [0.25, 0.3) is 0 Å². The van der Waals surface area contributed by atoms with Gasteiger partial charge in [-0.15, -0.1) is 0 Å². The van der Waals surface area contributed by atoms with Crippen LogP contribution in [0.5, 0.6) is 0 Å². The number of hydrogen-bond acceptors (Lipinski definition) is 5. The number of carbonyl (C=O) groups is 2. The number of nitro benzene ring substituents is 1. The molecule has 0 radical (unpaired) electrons. The topological polar surface area (TPSA) is 95.8 Å². The summed E-state index contributed by atoms with van der Waals surface area (Å²) in [5.74, 6) is -0.770. The van der Waals surface area contributed by atoms with E-state index < -0.39 is 10.8 Å². The number of anilines is 2. The molecule has 34 heavy (non-hydrogen) atoms. The van der Waals surface area contributed by atoms with Crippen LogP contribution in [0.2, 0.25) is 10.0 Å². The van der Waals surface area contributed by atoms with Crippen LogP contribution in [-0.4, -0.2) is 47.8 Å². The van der Waals surface area contributed by atoms with Gasteiger partial charge in [0.15, 0.2) is 0 Å². The monoisotopic (exact) mass is 498 g/mol. The molecule has 10 heteroatoms. The third kappa shape index (κ3) is 4.98. The normalized spacial score (nSPS) is 13.5. The van der Waals surface area contributed by atoms with Gasteiger partial charge in [0.05, 0.1) is 37.5 Å². The lowest BCUT2D eigenvalue weighted by atomic mass is 10.1. The van der Waals surface area contributed by atoms with Crippen LogP contribution < -0.4 is 10.2 Å². The van der Waals surface area contributed by atoms with Gasteiger partial charge >= 0.3 is 0 Å². The van der Waals surface area contributed by atoms with E-state index in [1.54, 1.807) is 29.2 Å². The third-order valence-corrected chi connectivity index (χ3v) is 6.21. The number of nitrogens with one attached hydrogen (secondary N) is 1. The minimum absolute atomic E-state index is 0.0498. The van der Waals surface area contributed by atoms with Crippen molar-refractivity contribution in [3.63, 3.8) is 0 Å². The molecular formula is C24H20Cl2N4O4. The first-order chi connectivity index (χ1) is 16.3. The zero-order valence-electron chi connectivity index (χ0n) is 17.9. The fraction of sp³-hybridized carbons (Fsp3) is 0.167. The maximum absolute atomic E-state index is 13.3. The van der Waals surface area contributed by atoms with Gasteiger partial charge in [-0.25, -0.2) is 0 Å². The first kappa shape index (κ1) is 23.5. The standard InChI is InChI=1S/C24H20Cl2N4O4/c25-19-6-2-4-8-22(19)28-11-13-29(14-12-28)24(32)18-5-1-3-7-21(18)27-23(31)17-10-9-16(30(33)34)15-20(17)26/h1-10,15H,11-14H2,(H,27,31). The van der Waals surface area contributed by atoms with E-state index in [9.17, 15) is 19.7 Å². The third-order valence-electron chi connectivity index (χ3n) is 5.57. The fourth-order valence-electron chi connectivity index (χ4n) is 3.80. The number of halogens is 2. The van der Waals surface area contributed by atoms with Gasteiger partial charge < -0.3 is 15.1 Å². The SMILES string of the molecule is O=C(Nc1ccccc1C(=O)N1CCN(c2ccccc2Cl)CC1)c1ccc([N+](=O)[O-])cc1Cl. The average molecular weight is 499 g/mol. The number of piperazine rings is 1. The highest BCUT2D eigenvalue weighted by Gasteiger charge is 2.25. The second kappa shape index (κ2) is 10.1. The predicted molar refractivity (Wildman–Crippen MR) is 132 cm³/mol. The number of nitro groups is 1. The van der Waals surface area contributed by atoms with E-state index in [0.29, 0.717) is 42.5 Å². The van der Waals surface area contributed by atoms with Gasteiger partial charge in [-0.3, -0.25) is 19.7 Å². The Hall–Kier alpha value is -3.62. The Kier molecular flexibility index (Phi) is 7.00. The molecule has 1 saturated heterocycles. The van der Waals surface area contributed by atoms with Gasteiger partial charge in [-0.2, -0.15) is 0 Å². The second-order valence-electron chi connectivity index (χ2n) is 7.65. The molecule has 0 bridgehead atoms. The number of non-ortho nitro benzene ring substituents is 1. The van der Waals surface area contributed by atoms with Crippen molar-refractivity contribution in [1.29, 1.82) is 0 Å². The van der Waals surface area contributed by atoms with Gasteiger partial charge in [0.25, 0.3) is 17.5 Å². The Balaban J connectivity index is 1.47. The van der Waals surface area contributed by atoms with Gasteiger partial charge in [-0.05, 0) is 30.3 Å². The van der Waals surface area contributed by atoms with Crippen molar-refractivity contribution in [3.8, 4) is 0 Å². The summed E-state index contributed by atoms with van der Waals surface area (Å²) in [6.07, 6.45) is 0. The molecule has 2 amide bonds. The first-order valence-electron chi connectivity index (χ1n) is 10.5. The van der Waals surface area contributed by atoms with Crippen LogP contribution in [0.15, 0.2) is 66.7 Å². The van der Waals surface area contributed by atoms with Crippen LogP contribution in [0.1, 0.15) is 20.7 Å². The van der Waals surface area contributed by atoms with Crippen LogP contribution in [0.4, 0.5) is 17.1 Å². The minimum atomic E-state index is -0.590. The number of para-hydroxylation sites is 2. The fourth-order valence-corrected chi connectivity index (χ4v) is 4.31. The Morgan fingerprint density at radius 3 is 2.21 bits per heavy atom. The zero-order valence-corrected chi connectivity index (χ0v) is 19.4. The number of carbonyl (C=O) groups excluding carboxylic acids is 2. The summed E-state index contributed by atoms with van der Waals surface area (Å²) in [6.45, 7) is 2.26. The van der Waals surface area contributed by atoms with Gasteiger partial charge in [0.1, 0.15) is 0 Å². The van der Waals surface area contributed by atoms with Crippen molar-refractivity contribution in [2.75, 3.05) is 36.4 Å². The van der Waals surface area contributed by atoms with Crippen molar-refractivity contribution in [1.82, 2.24) is 4.90 Å². The summed E-state index contributed by atoms with van der Waals surface area (Å²) in [4.78, 5) is 40.2. The van der Waals surface area contributed by atoms with Gasteiger partial charge in [0, 0.05) is 38.3 Å². The van der Waals surface area contributed by atoms with Crippen molar-refractivity contribution in [2.24, 2.45) is 0 Å².